The Morgan fingerprint density at radius 2 is 1.58 bits per heavy atom. The van der Waals surface area contributed by atoms with Gasteiger partial charge in [0.05, 0.1) is 0 Å². The first kappa shape index (κ1) is 20.0. The highest BCUT2D eigenvalue weighted by molar-refractivity contribution is 5.98. The Kier molecular flexibility index (Phi) is 5.57. The minimum Gasteiger partial charge on any atom is -0.443 e. The Labute approximate surface area is 176 Å². The van der Waals surface area contributed by atoms with Crippen molar-refractivity contribution in [3.05, 3.63) is 112 Å². The number of halogens is 1. The Hall–Kier alpha value is -4.26. The maximum absolute atomic E-state index is 13.1. The van der Waals surface area contributed by atoms with E-state index in [9.17, 15) is 18.8 Å². The summed E-state index contributed by atoms with van der Waals surface area (Å²) in [4.78, 5) is 40.9. The van der Waals surface area contributed by atoms with Gasteiger partial charge in [-0.25, -0.2) is 9.18 Å². The van der Waals surface area contributed by atoms with Crippen LogP contribution in [0.1, 0.15) is 22.2 Å². The number of aromatic amines is 1. The van der Waals surface area contributed by atoms with Crippen molar-refractivity contribution in [2.45, 2.75) is 6.10 Å². The molecular weight excluding hydrogens is 399 g/mol. The molecule has 0 radical (unpaired) electrons. The molecule has 0 saturated carbocycles. The van der Waals surface area contributed by atoms with Gasteiger partial charge in [-0.2, -0.15) is 0 Å². The van der Waals surface area contributed by atoms with Crippen molar-refractivity contribution in [1.82, 2.24) is 4.98 Å². The van der Waals surface area contributed by atoms with E-state index in [0.29, 0.717) is 22.2 Å². The van der Waals surface area contributed by atoms with Gasteiger partial charge in [0.15, 0.2) is 5.43 Å². The molecule has 31 heavy (non-hydrogen) atoms. The molecular formula is C24H17FN2O4. The van der Waals surface area contributed by atoms with Gasteiger partial charge in [0.2, 0.25) is 6.10 Å². The van der Waals surface area contributed by atoms with Crippen LogP contribution in [-0.2, 0) is 9.53 Å². The summed E-state index contributed by atoms with van der Waals surface area (Å²) < 4.78 is 18.6. The van der Waals surface area contributed by atoms with E-state index in [4.69, 9.17) is 4.74 Å². The maximum Gasteiger partial charge on any atom is 0.356 e. The van der Waals surface area contributed by atoms with Crippen LogP contribution in [0.5, 0.6) is 0 Å². The summed E-state index contributed by atoms with van der Waals surface area (Å²) in [5.74, 6) is -1.91. The second-order valence-corrected chi connectivity index (χ2v) is 6.79. The fraction of sp³-hybridized carbons (Fsp3) is 0.0417. The number of fused-ring (bicyclic) bond motifs is 1. The highest BCUT2D eigenvalue weighted by Gasteiger charge is 2.26. The number of amides is 1. The number of hydrogen-bond donors (Lipinski definition) is 2. The number of benzene rings is 3. The fourth-order valence-corrected chi connectivity index (χ4v) is 3.12. The van der Waals surface area contributed by atoms with Crippen molar-refractivity contribution >= 4 is 28.5 Å². The summed E-state index contributed by atoms with van der Waals surface area (Å²) in [7, 11) is 0. The quantitative estimate of drug-likeness (QED) is 0.477. The topological polar surface area (TPSA) is 88.3 Å². The van der Waals surface area contributed by atoms with Crippen LogP contribution in [0, 0.1) is 5.82 Å². The lowest BCUT2D eigenvalue weighted by Gasteiger charge is -2.18. The van der Waals surface area contributed by atoms with E-state index in [2.05, 4.69) is 10.3 Å². The summed E-state index contributed by atoms with van der Waals surface area (Å²) in [6.07, 6.45) is -1.28. The van der Waals surface area contributed by atoms with Crippen LogP contribution in [0.4, 0.5) is 10.1 Å². The summed E-state index contributed by atoms with van der Waals surface area (Å²) in [6, 6.07) is 21.6. The zero-order valence-electron chi connectivity index (χ0n) is 16.2. The number of ether oxygens (including phenoxy) is 1. The molecule has 0 bridgehead atoms. The minimum absolute atomic E-state index is 0.0702. The van der Waals surface area contributed by atoms with Crippen LogP contribution in [0.3, 0.4) is 0 Å². The third kappa shape index (κ3) is 4.51. The van der Waals surface area contributed by atoms with Crippen LogP contribution < -0.4 is 10.7 Å². The number of pyridine rings is 1. The van der Waals surface area contributed by atoms with Gasteiger partial charge in [-0.05, 0) is 36.4 Å². The van der Waals surface area contributed by atoms with E-state index < -0.39 is 23.8 Å². The number of carbonyl (C=O) groups is 2. The SMILES string of the molecule is O=C(O[C@H](C(=O)Nc1ccc(F)cc1)c1ccccc1)c1cc(=O)c2ccccc2[nH]1. The van der Waals surface area contributed by atoms with Crippen molar-refractivity contribution in [2.75, 3.05) is 5.32 Å². The number of anilines is 1. The Bertz CT molecular complexity index is 1300. The number of aromatic nitrogens is 1. The monoisotopic (exact) mass is 416 g/mol. The number of hydrogen-bond acceptors (Lipinski definition) is 4. The van der Waals surface area contributed by atoms with Crippen molar-refractivity contribution < 1.29 is 18.7 Å². The summed E-state index contributed by atoms with van der Waals surface area (Å²) in [5.41, 5.74) is 0.864. The number of nitrogens with one attached hydrogen (secondary N) is 2. The molecule has 154 valence electrons. The summed E-state index contributed by atoms with van der Waals surface area (Å²) in [5, 5.41) is 3.05. The molecule has 7 heteroatoms. The van der Waals surface area contributed by atoms with E-state index in [1.54, 1.807) is 54.6 Å². The van der Waals surface area contributed by atoms with Gasteiger partial charge in [0, 0.05) is 28.2 Å². The molecule has 0 spiro atoms. The third-order valence-corrected chi connectivity index (χ3v) is 4.63. The first-order valence-corrected chi connectivity index (χ1v) is 9.46. The molecule has 1 amide bonds. The molecule has 0 aliphatic heterocycles. The van der Waals surface area contributed by atoms with E-state index in [1.165, 1.54) is 24.3 Å². The number of rotatable bonds is 5. The number of carbonyl (C=O) groups excluding carboxylic acids is 2. The first-order valence-electron chi connectivity index (χ1n) is 9.46. The van der Waals surface area contributed by atoms with Crippen LogP contribution in [0.25, 0.3) is 10.9 Å². The van der Waals surface area contributed by atoms with Crippen molar-refractivity contribution in [2.24, 2.45) is 0 Å². The highest BCUT2D eigenvalue weighted by Crippen LogP contribution is 2.22. The molecule has 1 aromatic heterocycles. The lowest BCUT2D eigenvalue weighted by atomic mass is 10.1. The normalized spacial score (nSPS) is 11.6. The zero-order valence-corrected chi connectivity index (χ0v) is 16.2. The second kappa shape index (κ2) is 8.62. The lowest BCUT2D eigenvalue weighted by Crippen LogP contribution is -2.26. The smallest absolute Gasteiger partial charge is 0.356 e. The van der Waals surface area contributed by atoms with Gasteiger partial charge >= 0.3 is 5.97 Å². The van der Waals surface area contributed by atoms with Crippen molar-refractivity contribution in [3.8, 4) is 0 Å². The number of H-pyrrole nitrogens is 1. The molecule has 4 aromatic rings. The fourth-order valence-electron chi connectivity index (χ4n) is 3.12. The molecule has 0 saturated heterocycles. The zero-order chi connectivity index (χ0) is 21.8. The van der Waals surface area contributed by atoms with Crippen LogP contribution >= 0.6 is 0 Å². The first-order chi connectivity index (χ1) is 15.0. The predicted octanol–water partition coefficient (Wildman–Crippen LogP) is 4.20. The lowest BCUT2D eigenvalue weighted by molar-refractivity contribution is -0.125. The Morgan fingerprint density at radius 1 is 0.903 bits per heavy atom. The van der Waals surface area contributed by atoms with Crippen LogP contribution in [0.15, 0.2) is 89.7 Å². The molecule has 2 N–H and O–H groups in total. The molecule has 0 aliphatic carbocycles. The van der Waals surface area contributed by atoms with E-state index >= 15 is 0 Å². The predicted molar refractivity (Wildman–Crippen MR) is 114 cm³/mol. The van der Waals surface area contributed by atoms with Crippen LogP contribution in [-0.4, -0.2) is 16.9 Å². The highest BCUT2D eigenvalue weighted by atomic mass is 19.1. The molecule has 1 heterocycles. The molecule has 4 rings (SSSR count). The van der Waals surface area contributed by atoms with Gasteiger partial charge < -0.3 is 15.0 Å². The van der Waals surface area contributed by atoms with Gasteiger partial charge in [-0.15, -0.1) is 0 Å². The minimum atomic E-state index is -1.28. The van der Waals surface area contributed by atoms with Crippen LogP contribution in [0.2, 0.25) is 0 Å². The van der Waals surface area contributed by atoms with Gasteiger partial charge in [-0.3, -0.25) is 9.59 Å². The van der Waals surface area contributed by atoms with E-state index in [-0.39, 0.29) is 11.1 Å². The Balaban J connectivity index is 1.63. The molecule has 1 atom stereocenters. The summed E-state index contributed by atoms with van der Waals surface area (Å²) >= 11 is 0. The van der Waals surface area contributed by atoms with Gasteiger partial charge in [-0.1, -0.05) is 42.5 Å². The molecule has 3 aromatic carbocycles. The number of para-hydroxylation sites is 1. The van der Waals surface area contributed by atoms with Gasteiger partial charge in [0.1, 0.15) is 11.5 Å². The molecule has 0 aliphatic rings. The average Bonchev–Trinajstić information content (AvgIpc) is 2.79. The second-order valence-electron chi connectivity index (χ2n) is 6.79. The maximum atomic E-state index is 13.1. The number of esters is 1. The van der Waals surface area contributed by atoms with Crippen molar-refractivity contribution in [1.29, 1.82) is 0 Å². The Morgan fingerprint density at radius 3 is 2.32 bits per heavy atom. The standard InChI is InChI=1S/C24H17FN2O4/c25-16-10-12-17(13-11-16)26-23(29)22(15-6-2-1-3-7-15)31-24(30)20-14-21(28)18-8-4-5-9-19(18)27-20/h1-14,22H,(H,26,29)(H,27,28)/t22-/m0/s1. The largest absolute Gasteiger partial charge is 0.443 e. The third-order valence-electron chi connectivity index (χ3n) is 4.63. The van der Waals surface area contributed by atoms with E-state index in [0.717, 1.165) is 6.07 Å². The average molecular weight is 416 g/mol. The molecule has 0 unspecified atom stereocenters. The van der Waals surface area contributed by atoms with Gasteiger partial charge in [0.25, 0.3) is 5.91 Å². The van der Waals surface area contributed by atoms with E-state index in [1.807, 2.05) is 0 Å². The van der Waals surface area contributed by atoms with Crippen molar-refractivity contribution in [3.63, 3.8) is 0 Å². The molecule has 6 nitrogen and oxygen atoms in total. The molecule has 0 fully saturated rings. The summed E-state index contributed by atoms with van der Waals surface area (Å²) in [6.45, 7) is 0.